The van der Waals surface area contributed by atoms with Crippen LogP contribution in [-0.4, -0.2) is 22.6 Å². The summed E-state index contributed by atoms with van der Waals surface area (Å²) in [7, 11) is 0. The molecular weight excluding hydrogens is 367 g/mol. The summed E-state index contributed by atoms with van der Waals surface area (Å²) in [6.07, 6.45) is 0. The second-order valence-electron chi connectivity index (χ2n) is 6.71. The van der Waals surface area contributed by atoms with Gasteiger partial charge < -0.3 is 10.4 Å². The van der Waals surface area contributed by atoms with Gasteiger partial charge in [0.15, 0.2) is 0 Å². The second kappa shape index (κ2) is 7.72. The van der Waals surface area contributed by atoms with Crippen LogP contribution < -0.4 is 5.32 Å². The van der Waals surface area contributed by atoms with Crippen molar-refractivity contribution in [1.29, 1.82) is 0 Å². The number of carbonyl (C=O) groups is 1. The number of nitrogens with zero attached hydrogens (tertiary/aromatic N) is 1. The average molecular weight is 386 g/mol. The molecule has 0 bridgehead atoms. The van der Waals surface area contributed by atoms with Crippen LogP contribution in [0.25, 0.3) is 33.3 Å². The summed E-state index contributed by atoms with van der Waals surface area (Å²) in [5.41, 5.74) is 5.04. The third-order valence-electron chi connectivity index (χ3n) is 4.78. The third kappa shape index (κ3) is 3.80. The van der Waals surface area contributed by atoms with E-state index < -0.39 is 11.8 Å². The van der Waals surface area contributed by atoms with Crippen molar-refractivity contribution >= 4 is 22.6 Å². The third-order valence-corrected chi connectivity index (χ3v) is 4.78. The first-order chi connectivity index (χ1) is 14.0. The van der Waals surface area contributed by atoms with Crippen molar-refractivity contribution in [1.82, 2.24) is 4.98 Å². The Morgan fingerprint density at radius 2 is 1.55 bits per heavy atom. The maximum Gasteiger partial charge on any atom is 0.336 e. The fourth-order valence-electron chi connectivity index (χ4n) is 3.34. The quantitative estimate of drug-likeness (QED) is 0.452. The molecule has 0 amide bonds. The summed E-state index contributed by atoms with van der Waals surface area (Å²) in [6.45, 7) is 2.93. The summed E-state index contributed by atoms with van der Waals surface area (Å²) in [5, 5.41) is 13.1. The fraction of sp³-hybridized carbons (Fsp3) is 0.0833. The molecule has 0 spiro atoms. The van der Waals surface area contributed by atoms with E-state index in [9.17, 15) is 14.3 Å². The lowest BCUT2D eigenvalue weighted by atomic mass is 10.0. The summed E-state index contributed by atoms with van der Waals surface area (Å²) in [4.78, 5) is 16.2. The van der Waals surface area contributed by atoms with Gasteiger partial charge >= 0.3 is 5.97 Å². The Bertz CT molecular complexity index is 1190. The normalized spacial score (nSPS) is 10.8. The maximum atomic E-state index is 13.6. The Morgan fingerprint density at radius 1 is 0.931 bits per heavy atom. The van der Waals surface area contributed by atoms with Crippen LogP contribution in [0.5, 0.6) is 0 Å². The molecule has 4 rings (SSSR count). The Hall–Kier alpha value is -3.73. The zero-order valence-electron chi connectivity index (χ0n) is 15.8. The van der Waals surface area contributed by atoms with Gasteiger partial charge in [-0.1, -0.05) is 36.4 Å². The van der Waals surface area contributed by atoms with Crippen molar-refractivity contribution in [3.63, 3.8) is 0 Å². The molecule has 0 fully saturated rings. The predicted octanol–water partition coefficient (Wildman–Crippen LogP) is 5.84. The molecule has 0 aliphatic rings. The van der Waals surface area contributed by atoms with E-state index in [1.54, 1.807) is 0 Å². The van der Waals surface area contributed by atoms with Crippen LogP contribution in [0.15, 0.2) is 72.8 Å². The molecule has 0 saturated carbocycles. The summed E-state index contributed by atoms with van der Waals surface area (Å²) in [6, 6.07) is 21.4. The SMILES string of the molecule is CCNc1ccc(-c2ccc(-c3cc(C(=O)O)c4cc(F)ccc4n3)cc2)cc1. The highest BCUT2D eigenvalue weighted by Gasteiger charge is 2.14. The van der Waals surface area contributed by atoms with Crippen molar-refractivity contribution in [2.75, 3.05) is 11.9 Å². The van der Waals surface area contributed by atoms with Gasteiger partial charge in [0.2, 0.25) is 0 Å². The lowest BCUT2D eigenvalue weighted by molar-refractivity contribution is 0.0699. The zero-order chi connectivity index (χ0) is 20.4. The van der Waals surface area contributed by atoms with E-state index in [4.69, 9.17) is 0 Å². The van der Waals surface area contributed by atoms with E-state index in [2.05, 4.69) is 29.4 Å². The molecular formula is C24H19FN2O2. The summed E-state index contributed by atoms with van der Waals surface area (Å²) >= 11 is 0. The molecule has 0 radical (unpaired) electrons. The van der Waals surface area contributed by atoms with Crippen LogP contribution in [0.4, 0.5) is 10.1 Å². The van der Waals surface area contributed by atoms with E-state index >= 15 is 0 Å². The van der Waals surface area contributed by atoms with Gasteiger partial charge in [-0.3, -0.25) is 0 Å². The Balaban J connectivity index is 1.71. The number of nitrogens with one attached hydrogen (secondary N) is 1. The monoisotopic (exact) mass is 386 g/mol. The molecule has 0 aliphatic heterocycles. The second-order valence-corrected chi connectivity index (χ2v) is 6.71. The molecule has 3 aromatic carbocycles. The number of halogens is 1. The summed E-state index contributed by atoms with van der Waals surface area (Å²) < 4.78 is 13.6. The number of fused-ring (bicyclic) bond motifs is 1. The predicted molar refractivity (Wildman–Crippen MR) is 114 cm³/mol. The average Bonchev–Trinajstić information content (AvgIpc) is 2.74. The van der Waals surface area contributed by atoms with Crippen molar-refractivity contribution in [2.45, 2.75) is 6.92 Å². The number of hydrogen-bond acceptors (Lipinski definition) is 3. The van der Waals surface area contributed by atoms with Crippen LogP contribution in [0.1, 0.15) is 17.3 Å². The number of carboxylic acid groups (broad SMARTS) is 1. The van der Waals surface area contributed by atoms with Gasteiger partial charge in [-0.05, 0) is 54.4 Å². The molecule has 0 atom stereocenters. The Kier molecular flexibility index (Phi) is 4.96. The molecule has 29 heavy (non-hydrogen) atoms. The maximum absolute atomic E-state index is 13.6. The highest BCUT2D eigenvalue weighted by Crippen LogP contribution is 2.28. The molecule has 144 valence electrons. The standard InChI is InChI=1S/C24H19FN2O2/c1-2-26-19-10-7-16(8-11-19)15-3-5-17(6-4-15)23-14-21(24(28)29)20-13-18(25)9-12-22(20)27-23/h3-14,26H,2H2,1H3,(H,28,29). The summed E-state index contributed by atoms with van der Waals surface area (Å²) in [5.74, 6) is -1.60. The highest BCUT2D eigenvalue weighted by molar-refractivity contribution is 6.03. The van der Waals surface area contributed by atoms with Crippen molar-refractivity contribution in [3.05, 3.63) is 84.2 Å². The van der Waals surface area contributed by atoms with E-state index in [0.29, 0.717) is 16.6 Å². The van der Waals surface area contributed by atoms with Crippen molar-refractivity contribution in [3.8, 4) is 22.4 Å². The molecule has 1 aromatic heterocycles. The van der Waals surface area contributed by atoms with Crippen LogP contribution in [0.3, 0.4) is 0 Å². The molecule has 5 heteroatoms. The number of rotatable bonds is 5. The van der Waals surface area contributed by atoms with Gasteiger partial charge in [0.05, 0.1) is 16.8 Å². The molecule has 1 heterocycles. The van der Waals surface area contributed by atoms with Gasteiger partial charge in [-0.15, -0.1) is 0 Å². The van der Waals surface area contributed by atoms with Crippen molar-refractivity contribution in [2.24, 2.45) is 0 Å². The van der Waals surface area contributed by atoms with Gasteiger partial charge in [0, 0.05) is 23.2 Å². The molecule has 0 unspecified atom stereocenters. The number of carboxylic acids is 1. The van der Waals surface area contributed by atoms with Crippen LogP contribution in [0, 0.1) is 5.82 Å². The number of anilines is 1. The number of benzene rings is 3. The number of aromatic nitrogens is 1. The Labute approximate surface area is 167 Å². The Morgan fingerprint density at radius 3 is 2.17 bits per heavy atom. The minimum Gasteiger partial charge on any atom is -0.478 e. The number of pyridine rings is 1. The molecule has 0 aliphatic carbocycles. The fourth-order valence-corrected chi connectivity index (χ4v) is 3.34. The minimum absolute atomic E-state index is 0.0348. The molecule has 4 nitrogen and oxygen atoms in total. The van der Waals surface area contributed by atoms with E-state index in [0.717, 1.165) is 28.9 Å². The molecule has 2 N–H and O–H groups in total. The van der Waals surface area contributed by atoms with Gasteiger partial charge in [-0.2, -0.15) is 0 Å². The van der Waals surface area contributed by atoms with E-state index in [-0.39, 0.29) is 5.56 Å². The smallest absolute Gasteiger partial charge is 0.336 e. The largest absolute Gasteiger partial charge is 0.478 e. The molecule has 4 aromatic rings. The number of hydrogen-bond donors (Lipinski definition) is 2. The zero-order valence-corrected chi connectivity index (χ0v) is 15.8. The van der Waals surface area contributed by atoms with Crippen LogP contribution >= 0.6 is 0 Å². The lowest BCUT2D eigenvalue weighted by Crippen LogP contribution is -2.00. The van der Waals surface area contributed by atoms with E-state index in [1.807, 2.05) is 36.4 Å². The first-order valence-corrected chi connectivity index (χ1v) is 9.33. The van der Waals surface area contributed by atoms with Crippen molar-refractivity contribution < 1.29 is 14.3 Å². The van der Waals surface area contributed by atoms with Gasteiger partial charge in [-0.25, -0.2) is 14.2 Å². The first kappa shape index (κ1) is 18.6. The first-order valence-electron chi connectivity index (χ1n) is 9.33. The van der Waals surface area contributed by atoms with E-state index in [1.165, 1.54) is 24.3 Å². The highest BCUT2D eigenvalue weighted by atomic mass is 19.1. The minimum atomic E-state index is -1.11. The lowest BCUT2D eigenvalue weighted by Gasteiger charge is -2.09. The van der Waals surface area contributed by atoms with Crippen LogP contribution in [0.2, 0.25) is 0 Å². The molecule has 0 saturated heterocycles. The van der Waals surface area contributed by atoms with Crippen LogP contribution in [-0.2, 0) is 0 Å². The van der Waals surface area contributed by atoms with Gasteiger partial charge in [0.1, 0.15) is 5.82 Å². The topological polar surface area (TPSA) is 62.2 Å². The van der Waals surface area contributed by atoms with Gasteiger partial charge in [0.25, 0.3) is 0 Å². The number of aromatic carboxylic acids is 1.